The van der Waals surface area contributed by atoms with Crippen LogP contribution < -0.4 is 4.90 Å². The Bertz CT molecular complexity index is 404. The Labute approximate surface area is 117 Å². The summed E-state index contributed by atoms with van der Waals surface area (Å²) >= 11 is 0. The van der Waals surface area contributed by atoms with Crippen molar-refractivity contribution in [2.24, 2.45) is 11.3 Å². The number of nitrogens with zero attached hydrogens (tertiary/aromatic N) is 1. The average Bonchev–Trinajstić information content (AvgIpc) is 2.87. The Hall–Kier alpha value is -1.02. The molecule has 1 aromatic rings. The van der Waals surface area contributed by atoms with Crippen LogP contribution >= 0.6 is 0 Å². The van der Waals surface area contributed by atoms with Crippen LogP contribution in [0.2, 0.25) is 0 Å². The third kappa shape index (κ3) is 3.30. The minimum Gasteiger partial charge on any atom is -0.388 e. The van der Waals surface area contributed by atoms with Gasteiger partial charge in [-0.3, -0.25) is 0 Å². The molecule has 1 saturated heterocycles. The minimum atomic E-state index is -0.324. The van der Waals surface area contributed by atoms with Crippen molar-refractivity contribution in [3.8, 4) is 0 Å². The lowest BCUT2D eigenvalue weighted by Crippen LogP contribution is -2.25. The number of rotatable bonds is 3. The second-order valence-corrected chi connectivity index (χ2v) is 6.81. The van der Waals surface area contributed by atoms with Crippen molar-refractivity contribution >= 4 is 5.69 Å². The van der Waals surface area contributed by atoms with Gasteiger partial charge in [-0.1, -0.05) is 39.8 Å². The largest absolute Gasteiger partial charge is 0.388 e. The summed E-state index contributed by atoms with van der Waals surface area (Å²) in [6.45, 7) is 11.3. The average molecular weight is 261 g/mol. The normalized spacial score (nSPS) is 21.7. The summed E-state index contributed by atoms with van der Waals surface area (Å²) in [7, 11) is 0. The van der Waals surface area contributed by atoms with Crippen LogP contribution in [0.1, 0.15) is 52.2 Å². The summed E-state index contributed by atoms with van der Waals surface area (Å²) in [6.07, 6.45) is 1.73. The molecule has 2 unspecified atom stereocenters. The van der Waals surface area contributed by atoms with Crippen molar-refractivity contribution in [2.45, 2.75) is 46.6 Å². The zero-order chi connectivity index (χ0) is 14.0. The molecule has 19 heavy (non-hydrogen) atoms. The number of aliphatic hydroxyl groups is 1. The van der Waals surface area contributed by atoms with Crippen molar-refractivity contribution in [1.82, 2.24) is 0 Å². The summed E-state index contributed by atoms with van der Waals surface area (Å²) in [6, 6.07) is 8.43. The lowest BCUT2D eigenvalue weighted by molar-refractivity contribution is 0.173. The fourth-order valence-corrected chi connectivity index (χ4v) is 2.84. The highest BCUT2D eigenvalue weighted by Crippen LogP contribution is 2.35. The molecule has 2 heteroatoms. The molecule has 1 N–H and O–H groups in total. The van der Waals surface area contributed by atoms with Crippen LogP contribution in [0.25, 0.3) is 0 Å². The highest BCUT2D eigenvalue weighted by Gasteiger charge is 2.31. The van der Waals surface area contributed by atoms with E-state index in [1.54, 1.807) is 0 Å². The molecule has 1 aromatic carbocycles. The summed E-state index contributed by atoms with van der Waals surface area (Å²) in [4.78, 5) is 2.47. The van der Waals surface area contributed by atoms with Crippen LogP contribution in [-0.2, 0) is 0 Å². The summed E-state index contributed by atoms with van der Waals surface area (Å²) < 4.78 is 0. The van der Waals surface area contributed by atoms with Crippen LogP contribution in [0, 0.1) is 11.3 Å². The number of hydrogen-bond donors (Lipinski definition) is 1. The molecular formula is C17H27NO. The SMILES string of the molecule is CCC(O)c1ccc(N2CCC(C(C)(C)C)C2)cc1. The molecule has 0 aliphatic carbocycles. The maximum atomic E-state index is 9.82. The topological polar surface area (TPSA) is 23.5 Å². The summed E-state index contributed by atoms with van der Waals surface area (Å²) in [5.74, 6) is 0.772. The molecule has 0 amide bonds. The van der Waals surface area contributed by atoms with E-state index in [4.69, 9.17) is 0 Å². The van der Waals surface area contributed by atoms with Gasteiger partial charge >= 0.3 is 0 Å². The predicted molar refractivity (Wildman–Crippen MR) is 81.5 cm³/mol. The van der Waals surface area contributed by atoms with E-state index < -0.39 is 0 Å². The fraction of sp³-hybridized carbons (Fsp3) is 0.647. The van der Waals surface area contributed by atoms with Gasteiger partial charge < -0.3 is 10.0 Å². The Kier molecular flexibility index (Phi) is 4.19. The standard InChI is InChI=1S/C17H27NO/c1-5-16(19)13-6-8-15(9-7-13)18-11-10-14(12-18)17(2,3)4/h6-9,14,16,19H,5,10-12H2,1-4H3. The second kappa shape index (κ2) is 5.54. The Balaban J connectivity index is 2.04. The quantitative estimate of drug-likeness (QED) is 0.889. The number of hydrogen-bond acceptors (Lipinski definition) is 2. The van der Waals surface area contributed by atoms with E-state index in [1.807, 2.05) is 6.92 Å². The van der Waals surface area contributed by atoms with Gasteiger partial charge in [-0.25, -0.2) is 0 Å². The predicted octanol–water partition coefficient (Wildman–Crippen LogP) is 4.00. The van der Waals surface area contributed by atoms with Gasteiger partial charge in [0.2, 0.25) is 0 Å². The van der Waals surface area contributed by atoms with Gasteiger partial charge in [-0.15, -0.1) is 0 Å². The minimum absolute atomic E-state index is 0.324. The van der Waals surface area contributed by atoms with E-state index in [0.717, 1.165) is 31.0 Å². The zero-order valence-electron chi connectivity index (χ0n) is 12.7. The highest BCUT2D eigenvalue weighted by molar-refractivity contribution is 5.49. The lowest BCUT2D eigenvalue weighted by atomic mass is 9.80. The van der Waals surface area contributed by atoms with Crippen LogP contribution in [0.15, 0.2) is 24.3 Å². The number of aliphatic hydroxyl groups excluding tert-OH is 1. The third-order valence-corrected chi connectivity index (χ3v) is 4.44. The Morgan fingerprint density at radius 3 is 2.37 bits per heavy atom. The third-order valence-electron chi connectivity index (χ3n) is 4.44. The van der Waals surface area contributed by atoms with E-state index in [9.17, 15) is 5.11 Å². The number of anilines is 1. The maximum Gasteiger partial charge on any atom is 0.0787 e. The summed E-state index contributed by atoms with van der Waals surface area (Å²) in [5.41, 5.74) is 2.71. The van der Waals surface area contributed by atoms with E-state index in [0.29, 0.717) is 5.41 Å². The van der Waals surface area contributed by atoms with Crippen LogP contribution in [0.4, 0.5) is 5.69 Å². The molecule has 0 aromatic heterocycles. The molecule has 2 nitrogen and oxygen atoms in total. The molecule has 1 fully saturated rings. The second-order valence-electron chi connectivity index (χ2n) is 6.81. The van der Waals surface area contributed by atoms with E-state index in [2.05, 4.69) is 49.9 Å². The van der Waals surface area contributed by atoms with Gasteiger partial charge in [0, 0.05) is 18.8 Å². The van der Waals surface area contributed by atoms with Crippen LogP contribution in [0.3, 0.4) is 0 Å². The van der Waals surface area contributed by atoms with Crippen molar-refractivity contribution in [3.63, 3.8) is 0 Å². The lowest BCUT2D eigenvalue weighted by Gasteiger charge is -2.27. The van der Waals surface area contributed by atoms with Gasteiger partial charge in [-0.05, 0) is 41.9 Å². The Morgan fingerprint density at radius 1 is 1.26 bits per heavy atom. The molecule has 1 aliphatic rings. The first-order valence-electron chi connectivity index (χ1n) is 7.44. The zero-order valence-corrected chi connectivity index (χ0v) is 12.7. The molecule has 0 radical (unpaired) electrons. The van der Waals surface area contributed by atoms with Gasteiger partial charge in [0.05, 0.1) is 6.10 Å². The van der Waals surface area contributed by atoms with E-state index >= 15 is 0 Å². The van der Waals surface area contributed by atoms with Crippen molar-refractivity contribution in [1.29, 1.82) is 0 Å². The monoisotopic (exact) mass is 261 g/mol. The molecule has 0 bridgehead atoms. The van der Waals surface area contributed by atoms with E-state index in [1.165, 1.54) is 12.1 Å². The molecule has 106 valence electrons. The van der Waals surface area contributed by atoms with Crippen LogP contribution in [-0.4, -0.2) is 18.2 Å². The molecule has 2 rings (SSSR count). The molecule has 0 spiro atoms. The molecule has 1 aliphatic heterocycles. The van der Waals surface area contributed by atoms with Crippen molar-refractivity contribution in [2.75, 3.05) is 18.0 Å². The van der Waals surface area contributed by atoms with Gasteiger partial charge in [0.25, 0.3) is 0 Å². The molecular weight excluding hydrogens is 234 g/mol. The van der Waals surface area contributed by atoms with E-state index in [-0.39, 0.29) is 6.10 Å². The van der Waals surface area contributed by atoms with Crippen LogP contribution in [0.5, 0.6) is 0 Å². The summed E-state index contributed by atoms with van der Waals surface area (Å²) in [5, 5.41) is 9.82. The first-order chi connectivity index (χ1) is 8.91. The van der Waals surface area contributed by atoms with Gasteiger partial charge in [0.1, 0.15) is 0 Å². The van der Waals surface area contributed by atoms with Gasteiger partial charge in [-0.2, -0.15) is 0 Å². The first kappa shape index (κ1) is 14.4. The fourth-order valence-electron chi connectivity index (χ4n) is 2.84. The Morgan fingerprint density at radius 2 is 1.89 bits per heavy atom. The number of benzene rings is 1. The maximum absolute atomic E-state index is 9.82. The van der Waals surface area contributed by atoms with Crippen molar-refractivity contribution in [3.05, 3.63) is 29.8 Å². The molecule has 0 saturated carbocycles. The van der Waals surface area contributed by atoms with Gasteiger partial charge in [0.15, 0.2) is 0 Å². The molecule has 1 heterocycles. The van der Waals surface area contributed by atoms with Crippen molar-refractivity contribution < 1.29 is 5.11 Å². The first-order valence-corrected chi connectivity index (χ1v) is 7.44. The highest BCUT2D eigenvalue weighted by atomic mass is 16.3. The smallest absolute Gasteiger partial charge is 0.0787 e. The molecule has 2 atom stereocenters.